The minimum Gasteiger partial charge on any atom is -0.372 e. The lowest BCUT2D eigenvalue weighted by Gasteiger charge is -2.21. The fourth-order valence-electron chi connectivity index (χ4n) is 1.64. The molecule has 0 fully saturated rings. The Hall–Kier alpha value is -1.10. The van der Waals surface area contributed by atoms with Crippen molar-refractivity contribution in [3.05, 3.63) is 33.9 Å². The highest BCUT2D eigenvalue weighted by Gasteiger charge is 2.14. The molecule has 16 heavy (non-hydrogen) atoms. The Bertz CT molecular complexity index is 378. The van der Waals surface area contributed by atoms with Crippen molar-refractivity contribution in [1.29, 1.82) is 0 Å². The lowest BCUT2D eigenvalue weighted by atomic mass is 10.1. The lowest BCUT2D eigenvalue weighted by Crippen LogP contribution is -2.21. The maximum Gasteiger partial charge on any atom is 0.273 e. The van der Waals surface area contributed by atoms with Crippen molar-refractivity contribution in [2.24, 2.45) is 0 Å². The van der Waals surface area contributed by atoms with Crippen LogP contribution in [0.4, 0.5) is 11.4 Å². The maximum atomic E-state index is 10.8. The largest absolute Gasteiger partial charge is 0.372 e. The summed E-state index contributed by atoms with van der Waals surface area (Å²) in [5.74, 6) is 0. The van der Waals surface area contributed by atoms with Crippen LogP contribution >= 0.6 is 15.9 Å². The molecule has 0 bridgehead atoms. The van der Waals surface area contributed by atoms with Crippen molar-refractivity contribution in [2.75, 3.05) is 18.0 Å². The summed E-state index contributed by atoms with van der Waals surface area (Å²) in [7, 11) is 0. The van der Waals surface area contributed by atoms with Gasteiger partial charge in [-0.25, -0.2) is 0 Å². The van der Waals surface area contributed by atoms with Crippen molar-refractivity contribution < 1.29 is 4.92 Å². The predicted molar refractivity (Wildman–Crippen MR) is 69.3 cm³/mol. The van der Waals surface area contributed by atoms with E-state index in [1.807, 2.05) is 6.07 Å². The number of nitro groups is 1. The first kappa shape index (κ1) is 13.0. The Balaban J connectivity index is 3.12. The molecule has 0 atom stereocenters. The number of halogens is 1. The number of nitrogens with zero attached hydrogens (tertiary/aromatic N) is 2. The van der Waals surface area contributed by atoms with E-state index in [1.165, 1.54) is 0 Å². The summed E-state index contributed by atoms with van der Waals surface area (Å²) in [5.41, 5.74) is 1.92. The van der Waals surface area contributed by atoms with Crippen molar-refractivity contribution in [3.63, 3.8) is 0 Å². The van der Waals surface area contributed by atoms with Gasteiger partial charge in [-0.05, 0) is 26.0 Å². The molecule has 0 spiro atoms. The fraction of sp³-hybridized carbons (Fsp3) is 0.455. The average molecular weight is 287 g/mol. The number of benzene rings is 1. The van der Waals surface area contributed by atoms with Crippen molar-refractivity contribution in [2.45, 2.75) is 19.2 Å². The quantitative estimate of drug-likeness (QED) is 0.474. The molecule has 0 aliphatic heterocycles. The monoisotopic (exact) mass is 286 g/mol. The van der Waals surface area contributed by atoms with Crippen LogP contribution in [0.15, 0.2) is 18.2 Å². The second kappa shape index (κ2) is 5.84. The van der Waals surface area contributed by atoms with E-state index >= 15 is 0 Å². The fourth-order valence-corrected chi connectivity index (χ4v) is 2.09. The second-order valence-electron chi connectivity index (χ2n) is 3.38. The van der Waals surface area contributed by atoms with Gasteiger partial charge in [0.15, 0.2) is 0 Å². The zero-order chi connectivity index (χ0) is 12.1. The van der Waals surface area contributed by atoms with Gasteiger partial charge in [0.25, 0.3) is 5.69 Å². The van der Waals surface area contributed by atoms with Gasteiger partial charge in [0.2, 0.25) is 0 Å². The standard InChI is InChI=1S/C11H15BrN2O2/c1-3-13(4-2)10-5-6-11(14(15)16)9(7-10)8-12/h5-7H,3-4,8H2,1-2H3. The summed E-state index contributed by atoms with van der Waals surface area (Å²) in [5, 5.41) is 11.3. The summed E-state index contributed by atoms with van der Waals surface area (Å²) < 4.78 is 0. The third kappa shape index (κ3) is 2.72. The highest BCUT2D eigenvalue weighted by atomic mass is 79.9. The van der Waals surface area contributed by atoms with E-state index < -0.39 is 0 Å². The molecular weight excluding hydrogens is 272 g/mol. The highest BCUT2D eigenvalue weighted by molar-refractivity contribution is 9.08. The van der Waals surface area contributed by atoms with Crippen LogP contribution in [0.1, 0.15) is 19.4 Å². The van der Waals surface area contributed by atoms with Gasteiger partial charge in [0.1, 0.15) is 0 Å². The molecule has 0 saturated heterocycles. The summed E-state index contributed by atoms with van der Waals surface area (Å²) in [4.78, 5) is 12.6. The van der Waals surface area contributed by atoms with Crippen LogP contribution < -0.4 is 4.90 Å². The predicted octanol–water partition coefficient (Wildman–Crippen LogP) is 3.34. The molecule has 0 radical (unpaired) electrons. The van der Waals surface area contributed by atoms with Crippen LogP contribution in [0.5, 0.6) is 0 Å². The van der Waals surface area contributed by atoms with E-state index in [0.29, 0.717) is 5.33 Å². The zero-order valence-electron chi connectivity index (χ0n) is 9.44. The normalized spacial score (nSPS) is 10.2. The first-order valence-electron chi connectivity index (χ1n) is 5.22. The van der Waals surface area contributed by atoms with E-state index in [9.17, 15) is 10.1 Å². The minimum absolute atomic E-state index is 0.174. The van der Waals surface area contributed by atoms with Crippen molar-refractivity contribution in [1.82, 2.24) is 0 Å². The molecule has 1 rings (SSSR count). The van der Waals surface area contributed by atoms with Crippen LogP contribution in [0.25, 0.3) is 0 Å². The SMILES string of the molecule is CCN(CC)c1ccc([N+](=O)[O-])c(CBr)c1. The molecule has 88 valence electrons. The van der Waals surface area contributed by atoms with Gasteiger partial charge in [0, 0.05) is 35.7 Å². The number of anilines is 1. The molecule has 0 aliphatic rings. The van der Waals surface area contributed by atoms with Crippen LogP contribution in [0.3, 0.4) is 0 Å². The lowest BCUT2D eigenvalue weighted by molar-refractivity contribution is -0.385. The van der Waals surface area contributed by atoms with E-state index in [1.54, 1.807) is 12.1 Å². The number of alkyl halides is 1. The van der Waals surface area contributed by atoms with Gasteiger partial charge in [-0.15, -0.1) is 0 Å². The Kier molecular flexibility index (Phi) is 4.73. The smallest absolute Gasteiger partial charge is 0.273 e. The molecule has 5 heteroatoms. The van der Waals surface area contributed by atoms with Gasteiger partial charge >= 0.3 is 0 Å². The van der Waals surface area contributed by atoms with Gasteiger partial charge in [-0.1, -0.05) is 15.9 Å². The van der Waals surface area contributed by atoms with Crippen molar-refractivity contribution >= 4 is 27.3 Å². The van der Waals surface area contributed by atoms with Crippen LogP contribution in [0, 0.1) is 10.1 Å². The maximum absolute atomic E-state index is 10.8. The number of rotatable bonds is 5. The Morgan fingerprint density at radius 3 is 2.44 bits per heavy atom. The van der Waals surface area contributed by atoms with Crippen LogP contribution in [-0.4, -0.2) is 18.0 Å². The topological polar surface area (TPSA) is 46.4 Å². The molecule has 0 saturated carbocycles. The first-order chi connectivity index (χ1) is 7.63. The number of hydrogen-bond acceptors (Lipinski definition) is 3. The molecule has 0 amide bonds. The van der Waals surface area contributed by atoms with E-state index in [4.69, 9.17) is 0 Å². The molecule has 0 N–H and O–H groups in total. The summed E-state index contributed by atoms with van der Waals surface area (Å²) in [6, 6.07) is 5.25. The van der Waals surface area contributed by atoms with Crippen LogP contribution in [-0.2, 0) is 5.33 Å². The van der Waals surface area contributed by atoms with Gasteiger partial charge in [-0.3, -0.25) is 10.1 Å². The molecule has 0 heterocycles. The number of nitro benzene ring substituents is 1. The first-order valence-corrected chi connectivity index (χ1v) is 6.34. The van der Waals surface area contributed by atoms with Gasteiger partial charge in [-0.2, -0.15) is 0 Å². The molecule has 1 aromatic rings. The minimum atomic E-state index is -0.345. The molecule has 0 aliphatic carbocycles. The summed E-state index contributed by atoms with van der Waals surface area (Å²) in [6.07, 6.45) is 0. The Labute approximate surface area is 104 Å². The highest BCUT2D eigenvalue weighted by Crippen LogP contribution is 2.26. The van der Waals surface area contributed by atoms with Crippen molar-refractivity contribution in [3.8, 4) is 0 Å². The van der Waals surface area contributed by atoms with E-state index in [-0.39, 0.29) is 10.6 Å². The average Bonchev–Trinajstić information content (AvgIpc) is 2.30. The molecule has 0 aromatic heterocycles. The molecular formula is C11H15BrN2O2. The van der Waals surface area contributed by atoms with E-state index in [0.717, 1.165) is 24.3 Å². The Morgan fingerprint density at radius 2 is 2.00 bits per heavy atom. The van der Waals surface area contributed by atoms with Gasteiger partial charge < -0.3 is 4.90 Å². The Morgan fingerprint density at radius 1 is 1.38 bits per heavy atom. The molecule has 0 unspecified atom stereocenters. The summed E-state index contributed by atoms with van der Waals surface area (Å²) in [6.45, 7) is 5.93. The third-order valence-electron chi connectivity index (χ3n) is 2.53. The molecule has 1 aromatic carbocycles. The summed E-state index contributed by atoms with van der Waals surface area (Å²) >= 11 is 3.28. The zero-order valence-corrected chi connectivity index (χ0v) is 11.0. The van der Waals surface area contributed by atoms with Crippen LogP contribution in [0.2, 0.25) is 0 Å². The van der Waals surface area contributed by atoms with E-state index in [2.05, 4.69) is 34.7 Å². The van der Waals surface area contributed by atoms with Gasteiger partial charge in [0.05, 0.1) is 4.92 Å². The number of hydrogen-bond donors (Lipinski definition) is 0. The molecule has 4 nitrogen and oxygen atoms in total. The third-order valence-corrected chi connectivity index (χ3v) is 3.14. The second-order valence-corrected chi connectivity index (χ2v) is 3.94.